The number of amides is 2. The molecule has 0 aliphatic carbocycles. The summed E-state index contributed by atoms with van der Waals surface area (Å²) < 4.78 is 0. The van der Waals surface area contributed by atoms with Gasteiger partial charge in [-0.05, 0) is 50.6 Å². The highest BCUT2D eigenvalue weighted by Gasteiger charge is 2.23. The van der Waals surface area contributed by atoms with Crippen LogP contribution in [0.15, 0.2) is 48.5 Å². The zero-order chi connectivity index (χ0) is 19.2. The van der Waals surface area contributed by atoms with Crippen LogP contribution in [-0.4, -0.2) is 35.5 Å². The van der Waals surface area contributed by atoms with Gasteiger partial charge in [-0.1, -0.05) is 30.3 Å². The fourth-order valence-corrected chi connectivity index (χ4v) is 3.49. The first kappa shape index (κ1) is 18.8. The Morgan fingerprint density at radius 3 is 2.52 bits per heavy atom. The van der Waals surface area contributed by atoms with Gasteiger partial charge in [0, 0.05) is 23.9 Å². The van der Waals surface area contributed by atoms with E-state index in [2.05, 4.69) is 27.7 Å². The number of hydrogen-bond acceptors (Lipinski definition) is 4. The second-order valence-corrected chi connectivity index (χ2v) is 6.76. The van der Waals surface area contributed by atoms with Crippen LogP contribution < -0.4 is 10.6 Å². The Hall–Kier alpha value is -2.93. The summed E-state index contributed by atoms with van der Waals surface area (Å²) in [5.74, 6) is 0. The molecule has 2 aromatic carbocycles. The molecule has 0 radical (unpaired) electrons. The van der Waals surface area contributed by atoms with E-state index >= 15 is 0 Å². The van der Waals surface area contributed by atoms with Crippen LogP contribution in [0.3, 0.4) is 0 Å². The summed E-state index contributed by atoms with van der Waals surface area (Å²) in [6.45, 7) is 4.22. The van der Waals surface area contributed by atoms with Crippen LogP contribution in [-0.2, 0) is 0 Å². The monoisotopic (exact) mass is 368 g/mol. The number of urea groups is 1. The molecule has 7 heteroatoms. The lowest BCUT2D eigenvalue weighted by atomic mass is 10.1. The lowest BCUT2D eigenvalue weighted by Gasteiger charge is -2.28. The standard InChI is InChI=1S/C20H24N4O3/c1-15-13-17(9-10-18(15)24(26)27)22-20(25)21-14-19(23-11-5-6-12-23)16-7-3-2-4-8-16/h2-4,7-10,13,19H,5-6,11-12,14H2,1H3,(H2,21,22,25). The van der Waals surface area contributed by atoms with Crippen molar-refractivity contribution in [1.29, 1.82) is 0 Å². The summed E-state index contributed by atoms with van der Waals surface area (Å²) in [4.78, 5) is 25.2. The molecule has 1 atom stereocenters. The maximum atomic E-state index is 12.3. The normalized spacial score (nSPS) is 15.3. The molecule has 0 spiro atoms. The zero-order valence-electron chi connectivity index (χ0n) is 15.4. The molecule has 2 amide bonds. The van der Waals surface area contributed by atoms with Gasteiger partial charge in [-0.25, -0.2) is 4.79 Å². The third-order valence-electron chi connectivity index (χ3n) is 4.87. The first-order valence-corrected chi connectivity index (χ1v) is 9.13. The quantitative estimate of drug-likeness (QED) is 0.599. The summed E-state index contributed by atoms with van der Waals surface area (Å²) in [6.07, 6.45) is 2.36. The number of nitrogens with one attached hydrogen (secondary N) is 2. The van der Waals surface area contributed by atoms with E-state index < -0.39 is 4.92 Å². The van der Waals surface area contributed by atoms with E-state index in [0.29, 0.717) is 17.8 Å². The minimum atomic E-state index is -0.431. The number of rotatable bonds is 6. The van der Waals surface area contributed by atoms with Crippen LogP contribution >= 0.6 is 0 Å². The van der Waals surface area contributed by atoms with Crippen molar-refractivity contribution in [2.45, 2.75) is 25.8 Å². The van der Waals surface area contributed by atoms with Gasteiger partial charge in [-0.15, -0.1) is 0 Å². The first-order chi connectivity index (χ1) is 13.0. The molecule has 27 heavy (non-hydrogen) atoms. The van der Waals surface area contributed by atoms with Gasteiger partial charge < -0.3 is 10.6 Å². The maximum absolute atomic E-state index is 12.3. The zero-order valence-corrected chi connectivity index (χ0v) is 15.4. The molecule has 1 fully saturated rings. The Bertz CT molecular complexity index is 804. The van der Waals surface area contributed by atoms with Gasteiger partial charge in [-0.3, -0.25) is 15.0 Å². The van der Waals surface area contributed by atoms with Crippen molar-refractivity contribution >= 4 is 17.4 Å². The van der Waals surface area contributed by atoms with Gasteiger partial charge in [0.05, 0.1) is 11.0 Å². The average molecular weight is 368 g/mol. The molecule has 2 aromatic rings. The van der Waals surface area contributed by atoms with Gasteiger partial charge in [0.15, 0.2) is 0 Å². The van der Waals surface area contributed by atoms with Gasteiger partial charge in [0.2, 0.25) is 0 Å². The van der Waals surface area contributed by atoms with Crippen LogP contribution in [0.1, 0.15) is 30.0 Å². The largest absolute Gasteiger partial charge is 0.336 e. The molecular weight excluding hydrogens is 344 g/mol. The maximum Gasteiger partial charge on any atom is 0.319 e. The van der Waals surface area contributed by atoms with Crippen molar-refractivity contribution in [3.05, 3.63) is 69.8 Å². The summed E-state index contributed by atoms with van der Waals surface area (Å²) >= 11 is 0. The van der Waals surface area contributed by atoms with Gasteiger partial charge >= 0.3 is 6.03 Å². The summed E-state index contributed by atoms with van der Waals surface area (Å²) in [7, 11) is 0. The van der Waals surface area contributed by atoms with E-state index in [9.17, 15) is 14.9 Å². The Balaban J connectivity index is 1.62. The third-order valence-corrected chi connectivity index (χ3v) is 4.87. The van der Waals surface area contributed by atoms with Crippen molar-refractivity contribution in [3.8, 4) is 0 Å². The Morgan fingerprint density at radius 2 is 1.89 bits per heavy atom. The van der Waals surface area contributed by atoms with E-state index in [0.717, 1.165) is 13.1 Å². The van der Waals surface area contributed by atoms with Crippen molar-refractivity contribution < 1.29 is 9.72 Å². The highest BCUT2D eigenvalue weighted by Crippen LogP contribution is 2.25. The number of aryl methyl sites for hydroxylation is 1. The van der Waals surface area contributed by atoms with E-state index in [-0.39, 0.29) is 17.8 Å². The topological polar surface area (TPSA) is 87.5 Å². The number of likely N-dealkylation sites (tertiary alicyclic amines) is 1. The van der Waals surface area contributed by atoms with Gasteiger partial charge in [0.25, 0.3) is 5.69 Å². The van der Waals surface area contributed by atoms with Crippen LogP contribution in [0, 0.1) is 17.0 Å². The number of benzene rings is 2. The minimum absolute atomic E-state index is 0.0409. The van der Waals surface area contributed by atoms with Crippen LogP contribution in [0.2, 0.25) is 0 Å². The van der Waals surface area contributed by atoms with Gasteiger partial charge in [-0.2, -0.15) is 0 Å². The molecule has 2 N–H and O–H groups in total. The summed E-state index contributed by atoms with van der Waals surface area (Å²) in [6, 6.07) is 14.6. The molecule has 3 rings (SSSR count). The molecule has 1 saturated heterocycles. The summed E-state index contributed by atoms with van der Waals surface area (Å²) in [5, 5.41) is 16.6. The highest BCUT2D eigenvalue weighted by molar-refractivity contribution is 5.89. The van der Waals surface area contributed by atoms with E-state index in [1.807, 2.05) is 18.2 Å². The number of nitro groups is 1. The molecule has 142 valence electrons. The molecule has 1 unspecified atom stereocenters. The lowest BCUT2D eigenvalue weighted by molar-refractivity contribution is -0.385. The van der Waals surface area contributed by atoms with E-state index in [1.54, 1.807) is 19.1 Å². The summed E-state index contributed by atoms with van der Waals surface area (Å²) in [5.41, 5.74) is 2.27. The Labute approximate surface area is 158 Å². The van der Waals surface area contributed by atoms with E-state index in [4.69, 9.17) is 0 Å². The Morgan fingerprint density at radius 1 is 1.19 bits per heavy atom. The van der Waals surface area contributed by atoms with E-state index in [1.165, 1.54) is 24.5 Å². The minimum Gasteiger partial charge on any atom is -0.336 e. The fraction of sp³-hybridized carbons (Fsp3) is 0.350. The molecule has 7 nitrogen and oxygen atoms in total. The molecule has 1 aliphatic heterocycles. The smallest absolute Gasteiger partial charge is 0.319 e. The van der Waals surface area contributed by atoms with Gasteiger partial charge in [0.1, 0.15) is 0 Å². The fourth-order valence-electron chi connectivity index (χ4n) is 3.49. The molecule has 1 heterocycles. The number of hydrogen-bond donors (Lipinski definition) is 2. The van der Waals surface area contributed by atoms with Crippen LogP contribution in [0.25, 0.3) is 0 Å². The first-order valence-electron chi connectivity index (χ1n) is 9.13. The number of anilines is 1. The van der Waals surface area contributed by atoms with Crippen molar-refractivity contribution in [3.63, 3.8) is 0 Å². The Kier molecular flexibility index (Phi) is 6.03. The molecule has 0 saturated carbocycles. The second kappa shape index (κ2) is 8.64. The average Bonchev–Trinajstić information content (AvgIpc) is 3.17. The van der Waals surface area contributed by atoms with Crippen molar-refractivity contribution in [1.82, 2.24) is 10.2 Å². The number of nitro benzene ring substituents is 1. The number of carbonyl (C=O) groups excluding carboxylic acids is 1. The molecule has 1 aliphatic rings. The second-order valence-electron chi connectivity index (χ2n) is 6.76. The van der Waals surface area contributed by atoms with Crippen molar-refractivity contribution in [2.75, 3.05) is 25.0 Å². The highest BCUT2D eigenvalue weighted by atomic mass is 16.6. The molecule has 0 aromatic heterocycles. The van der Waals surface area contributed by atoms with Crippen molar-refractivity contribution in [2.24, 2.45) is 0 Å². The molecule has 0 bridgehead atoms. The number of carbonyl (C=O) groups is 1. The predicted octanol–water partition coefficient (Wildman–Crippen LogP) is 3.86. The molecular formula is C20H24N4O3. The van der Waals surface area contributed by atoms with Crippen LogP contribution in [0.5, 0.6) is 0 Å². The number of nitrogens with zero attached hydrogens (tertiary/aromatic N) is 2. The SMILES string of the molecule is Cc1cc(NC(=O)NCC(c2ccccc2)N2CCCC2)ccc1[N+](=O)[O-]. The lowest BCUT2D eigenvalue weighted by Crippen LogP contribution is -2.38. The van der Waals surface area contributed by atoms with Crippen LogP contribution in [0.4, 0.5) is 16.2 Å². The third kappa shape index (κ3) is 4.83. The predicted molar refractivity (Wildman–Crippen MR) is 105 cm³/mol.